The Labute approximate surface area is 163 Å². The van der Waals surface area contributed by atoms with E-state index in [-0.39, 0.29) is 22.9 Å². The summed E-state index contributed by atoms with van der Waals surface area (Å²) in [6.07, 6.45) is -4.51. The molecule has 0 saturated heterocycles. The SMILES string of the molecule is CC(C#N)(COc1ccc(C#N)cc1Cl)NC(=O)c1ccc(C(F)(F)F)cc1. The first-order valence-electron chi connectivity index (χ1n) is 7.81. The summed E-state index contributed by atoms with van der Waals surface area (Å²) in [6, 6.07) is 11.7. The zero-order valence-corrected chi connectivity index (χ0v) is 15.2. The van der Waals surface area contributed by atoms with Crippen molar-refractivity contribution in [3.8, 4) is 17.9 Å². The van der Waals surface area contributed by atoms with Crippen molar-refractivity contribution in [2.45, 2.75) is 18.6 Å². The van der Waals surface area contributed by atoms with Gasteiger partial charge in [0.1, 0.15) is 12.4 Å². The number of rotatable bonds is 5. The first kappa shape index (κ1) is 21.1. The molecule has 0 aliphatic heterocycles. The second-order valence-corrected chi connectivity index (χ2v) is 6.43. The van der Waals surface area contributed by atoms with Gasteiger partial charge >= 0.3 is 6.18 Å². The Morgan fingerprint density at radius 1 is 1.18 bits per heavy atom. The van der Waals surface area contributed by atoms with Crippen molar-refractivity contribution >= 4 is 17.5 Å². The van der Waals surface area contributed by atoms with Gasteiger partial charge in [-0.1, -0.05) is 11.6 Å². The molecule has 1 atom stereocenters. The van der Waals surface area contributed by atoms with Crippen LogP contribution >= 0.6 is 11.6 Å². The summed E-state index contributed by atoms with van der Waals surface area (Å²) in [5.41, 5.74) is -2.07. The van der Waals surface area contributed by atoms with E-state index in [1.807, 2.05) is 12.1 Å². The lowest BCUT2D eigenvalue weighted by molar-refractivity contribution is -0.137. The van der Waals surface area contributed by atoms with Crippen LogP contribution in [0.1, 0.15) is 28.4 Å². The third-order valence-corrected chi connectivity index (χ3v) is 3.98. The minimum Gasteiger partial charge on any atom is -0.488 e. The van der Waals surface area contributed by atoms with Crippen molar-refractivity contribution in [2.24, 2.45) is 0 Å². The monoisotopic (exact) mass is 407 g/mol. The van der Waals surface area contributed by atoms with Crippen LogP contribution in [0.2, 0.25) is 5.02 Å². The molecule has 0 spiro atoms. The summed E-state index contributed by atoms with van der Waals surface area (Å²) >= 11 is 6.00. The van der Waals surface area contributed by atoms with Gasteiger partial charge in [0.25, 0.3) is 5.91 Å². The molecule has 28 heavy (non-hydrogen) atoms. The maximum Gasteiger partial charge on any atom is 0.416 e. The van der Waals surface area contributed by atoms with Gasteiger partial charge in [0.2, 0.25) is 0 Å². The first-order chi connectivity index (χ1) is 13.1. The summed E-state index contributed by atoms with van der Waals surface area (Å²) in [5, 5.41) is 20.8. The van der Waals surface area contributed by atoms with Crippen LogP contribution < -0.4 is 10.1 Å². The lowest BCUT2D eigenvalue weighted by atomic mass is 10.0. The molecule has 5 nitrogen and oxygen atoms in total. The van der Waals surface area contributed by atoms with Crippen LogP contribution in [0.3, 0.4) is 0 Å². The van der Waals surface area contributed by atoms with Gasteiger partial charge in [-0.25, -0.2) is 0 Å². The fourth-order valence-electron chi connectivity index (χ4n) is 2.14. The summed E-state index contributed by atoms with van der Waals surface area (Å²) in [7, 11) is 0. The Kier molecular flexibility index (Phi) is 6.17. The zero-order chi connectivity index (χ0) is 20.9. The largest absolute Gasteiger partial charge is 0.488 e. The highest BCUT2D eigenvalue weighted by Gasteiger charge is 2.31. The third kappa shape index (κ3) is 5.15. The van der Waals surface area contributed by atoms with Gasteiger partial charge in [0, 0.05) is 5.56 Å². The molecule has 0 saturated carbocycles. The second kappa shape index (κ2) is 8.20. The Bertz CT molecular complexity index is 962. The van der Waals surface area contributed by atoms with Crippen LogP contribution in [0.25, 0.3) is 0 Å². The molecule has 0 aliphatic carbocycles. The van der Waals surface area contributed by atoms with Crippen LogP contribution in [0.5, 0.6) is 5.75 Å². The third-order valence-electron chi connectivity index (χ3n) is 3.69. The highest BCUT2D eigenvalue weighted by Crippen LogP contribution is 2.29. The maximum absolute atomic E-state index is 12.6. The minimum atomic E-state index is -4.51. The first-order valence-corrected chi connectivity index (χ1v) is 8.19. The van der Waals surface area contributed by atoms with Crippen molar-refractivity contribution in [3.63, 3.8) is 0 Å². The number of hydrogen-bond acceptors (Lipinski definition) is 4. The molecule has 144 valence electrons. The molecule has 0 radical (unpaired) electrons. The van der Waals surface area contributed by atoms with Crippen molar-refractivity contribution in [2.75, 3.05) is 6.61 Å². The number of carbonyl (C=O) groups excluding carboxylic acids is 1. The molecule has 0 aromatic heterocycles. The van der Waals surface area contributed by atoms with Crippen LogP contribution in [-0.2, 0) is 6.18 Å². The number of alkyl halides is 3. The van der Waals surface area contributed by atoms with Crippen molar-refractivity contribution in [1.29, 1.82) is 10.5 Å². The van der Waals surface area contributed by atoms with E-state index in [0.717, 1.165) is 24.3 Å². The van der Waals surface area contributed by atoms with E-state index in [2.05, 4.69) is 5.32 Å². The zero-order valence-electron chi connectivity index (χ0n) is 14.5. The molecule has 1 N–H and O–H groups in total. The van der Waals surface area contributed by atoms with E-state index in [1.54, 1.807) is 0 Å². The van der Waals surface area contributed by atoms with Gasteiger partial charge in [-0.05, 0) is 49.4 Å². The molecular weight excluding hydrogens is 395 g/mol. The molecular formula is C19H13ClF3N3O2. The van der Waals surface area contributed by atoms with E-state index in [9.17, 15) is 23.2 Å². The molecule has 9 heteroatoms. The average Bonchev–Trinajstić information content (AvgIpc) is 2.66. The summed E-state index contributed by atoms with van der Waals surface area (Å²) in [5.74, 6) is -0.516. The minimum absolute atomic E-state index is 0.0362. The summed E-state index contributed by atoms with van der Waals surface area (Å²) in [4.78, 5) is 12.3. The second-order valence-electron chi connectivity index (χ2n) is 6.02. The summed E-state index contributed by atoms with van der Waals surface area (Å²) in [6.45, 7) is 1.12. The molecule has 0 heterocycles. The Morgan fingerprint density at radius 2 is 1.82 bits per heavy atom. The summed E-state index contributed by atoms with van der Waals surface area (Å²) < 4.78 is 43.3. The Balaban J connectivity index is 2.08. The van der Waals surface area contributed by atoms with E-state index >= 15 is 0 Å². The highest BCUT2D eigenvalue weighted by molar-refractivity contribution is 6.32. The van der Waals surface area contributed by atoms with Gasteiger partial charge in [-0.2, -0.15) is 23.7 Å². The molecule has 2 aromatic rings. The van der Waals surface area contributed by atoms with Crippen molar-refractivity contribution in [1.82, 2.24) is 5.32 Å². The van der Waals surface area contributed by atoms with Gasteiger partial charge in [-0.15, -0.1) is 0 Å². The van der Waals surface area contributed by atoms with E-state index < -0.39 is 23.2 Å². The van der Waals surface area contributed by atoms with E-state index in [4.69, 9.17) is 21.6 Å². The Hall–Kier alpha value is -3.23. The molecule has 1 unspecified atom stereocenters. The number of nitrogens with one attached hydrogen (secondary N) is 1. The standard InChI is InChI=1S/C19H13ClF3N3O2/c1-18(10-25,11-28-16-7-2-12(9-24)8-15(16)20)26-17(27)13-3-5-14(6-4-13)19(21,22)23/h2-8H,11H2,1H3,(H,26,27). The van der Waals surface area contributed by atoms with Gasteiger partial charge in [0.05, 0.1) is 28.3 Å². The molecule has 0 bridgehead atoms. The molecule has 0 aliphatic rings. The normalized spacial score (nSPS) is 13.0. The van der Waals surface area contributed by atoms with Crippen molar-refractivity contribution in [3.05, 3.63) is 64.2 Å². The lowest BCUT2D eigenvalue weighted by Gasteiger charge is -2.24. The van der Waals surface area contributed by atoms with Gasteiger partial charge in [-0.3, -0.25) is 4.79 Å². The molecule has 2 rings (SSSR count). The lowest BCUT2D eigenvalue weighted by Crippen LogP contribution is -2.49. The molecule has 1 amide bonds. The van der Waals surface area contributed by atoms with Crippen LogP contribution in [0.15, 0.2) is 42.5 Å². The number of halogens is 4. The van der Waals surface area contributed by atoms with E-state index in [1.165, 1.54) is 25.1 Å². The van der Waals surface area contributed by atoms with Crippen LogP contribution in [-0.4, -0.2) is 18.1 Å². The smallest absolute Gasteiger partial charge is 0.416 e. The number of carbonyl (C=O) groups is 1. The maximum atomic E-state index is 12.6. The quantitative estimate of drug-likeness (QED) is 0.799. The van der Waals surface area contributed by atoms with Crippen LogP contribution in [0.4, 0.5) is 13.2 Å². The predicted molar refractivity (Wildman–Crippen MR) is 94.6 cm³/mol. The Morgan fingerprint density at radius 3 is 2.32 bits per heavy atom. The van der Waals surface area contributed by atoms with Crippen LogP contribution in [0, 0.1) is 22.7 Å². The number of amides is 1. The number of nitriles is 2. The number of nitrogens with zero attached hydrogens (tertiary/aromatic N) is 2. The predicted octanol–water partition coefficient (Wildman–Crippen LogP) is 4.32. The topological polar surface area (TPSA) is 85.9 Å². The number of ether oxygens (including phenoxy) is 1. The number of benzene rings is 2. The van der Waals surface area contributed by atoms with Crippen molar-refractivity contribution < 1.29 is 22.7 Å². The fraction of sp³-hybridized carbons (Fsp3) is 0.211. The fourth-order valence-corrected chi connectivity index (χ4v) is 2.37. The average molecular weight is 408 g/mol. The van der Waals surface area contributed by atoms with Gasteiger partial charge < -0.3 is 10.1 Å². The molecule has 0 fully saturated rings. The number of hydrogen-bond donors (Lipinski definition) is 1. The molecule has 2 aromatic carbocycles. The van der Waals surface area contributed by atoms with E-state index in [0.29, 0.717) is 5.56 Å². The van der Waals surface area contributed by atoms with Gasteiger partial charge in [0.15, 0.2) is 5.54 Å². The highest BCUT2D eigenvalue weighted by atomic mass is 35.5.